The number of amides is 1. The monoisotopic (exact) mass is 267 g/mol. The van der Waals surface area contributed by atoms with E-state index in [-0.39, 0.29) is 11.9 Å². The van der Waals surface area contributed by atoms with Crippen molar-refractivity contribution in [3.63, 3.8) is 0 Å². The van der Waals surface area contributed by atoms with Crippen molar-refractivity contribution in [2.24, 2.45) is 0 Å². The van der Waals surface area contributed by atoms with Gasteiger partial charge in [0.1, 0.15) is 0 Å². The smallest absolute Gasteiger partial charge is 0.237 e. The van der Waals surface area contributed by atoms with Crippen molar-refractivity contribution in [1.82, 2.24) is 15.6 Å². The maximum Gasteiger partial charge on any atom is 0.237 e. The maximum atomic E-state index is 12.0. The zero-order chi connectivity index (χ0) is 12.8. The minimum absolute atomic E-state index is 0.00432. The maximum absolute atomic E-state index is 12.0. The van der Waals surface area contributed by atoms with Crippen molar-refractivity contribution in [2.75, 3.05) is 13.1 Å². The number of carbonyl (C=O) groups excluding carboxylic acids is 1. The molecule has 100 valence electrons. The highest BCUT2D eigenvalue weighted by atomic mass is 32.1. The Morgan fingerprint density at radius 2 is 2.44 bits per heavy atom. The van der Waals surface area contributed by atoms with E-state index in [4.69, 9.17) is 0 Å². The molecule has 0 saturated carbocycles. The Morgan fingerprint density at radius 1 is 1.56 bits per heavy atom. The van der Waals surface area contributed by atoms with E-state index in [2.05, 4.69) is 21.0 Å². The summed E-state index contributed by atoms with van der Waals surface area (Å²) in [5.74, 6) is 0.142. The minimum atomic E-state index is 0.00432. The lowest BCUT2D eigenvalue weighted by atomic mass is 10.1. The number of aryl methyl sites for hydroxylation is 1. The van der Waals surface area contributed by atoms with Crippen LogP contribution in [0.2, 0.25) is 0 Å². The van der Waals surface area contributed by atoms with Crippen molar-refractivity contribution in [1.29, 1.82) is 0 Å². The summed E-state index contributed by atoms with van der Waals surface area (Å²) in [7, 11) is 0. The molecule has 4 nitrogen and oxygen atoms in total. The molecule has 1 atom stereocenters. The number of aromatic nitrogens is 1. The van der Waals surface area contributed by atoms with Crippen LogP contribution in [0, 0.1) is 6.92 Å². The molecule has 1 aromatic rings. The van der Waals surface area contributed by atoms with Crippen molar-refractivity contribution in [2.45, 2.75) is 45.1 Å². The zero-order valence-corrected chi connectivity index (χ0v) is 11.7. The van der Waals surface area contributed by atoms with Gasteiger partial charge in [0.25, 0.3) is 0 Å². The molecule has 0 aliphatic carbocycles. The fraction of sp³-hybridized carbons (Fsp3) is 0.692. The molecule has 1 aromatic heterocycles. The Kier molecular flexibility index (Phi) is 5.13. The molecule has 18 heavy (non-hydrogen) atoms. The van der Waals surface area contributed by atoms with Crippen LogP contribution in [0.25, 0.3) is 0 Å². The minimum Gasteiger partial charge on any atom is -0.354 e. The fourth-order valence-electron chi connectivity index (χ4n) is 2.21. The van der Waals surface area contributed by atoms with Gasteiger partial charge in [-0.1, -0.05) is 12.8 Å². The first-order valence-electron chi connectivity index (χ1n) is 6.68. The van der Waals surface area contributed by atoms with Gasteiger partial charge in [-0.2, -0.15) is 0 Å². The molecular formula is C13H21N3OS. The Morgan fingerprint density at radius 3 is 3.22 bits per heavy atom. The topological polar surface area (TPSA) is 54.0 Å². The molecule has 2 N–H and O–H groups in total. The summed E-state index contributed by atoms with van der Waals surface area (Å²) in [6.45, 7) is 3.64. The quantitative estimate of drug-likeness (QED) is 0.872. The zero-order valence-electron chi connectivity index (χ0n) is 10.9. The van der Waals surface area contributed by atoms with E-state index in [9.17, 15) is 4.79 Å². The molecule has 1 amide bonds. The molecule has 2 heterocycles. The van der Waals surface area contributed by atoms with Gasteiger partial charge in [0, 0.05) is 18.3 Å². The van der Waals surface area contributed by atoms with Gasteiger partial charge in [-0.3, -0.25) is 4.79 Å². The van der Waals surface area contributed by atoms with Crippen LogP contribution in [0.3, 0.4) is 0 Å². The number of carbonyl (C=O) groups is 1. The molecule has 0 aromatic carbocycles. The second-order valence-electron chi connectivity index (χ2n) is 4.75. The van der Waals surface area contributed by atoms with E-state index in [1.807, 2.05) is 6.92 Å². The molecule has 1 aliphatic rings. The lowest BCUT2D eigenvalue weighted by molar-refractivity contribution is -0.123. The van der Waals surface area contributed by atoms with Crippen molar-refractivity contribution in [3.8, 4) is 0 Å². The van der Waals surface area contributed by atoms with Crippen molar-refractivity contribution in [3.05, 3.63) is 16.1 Å². The van der Waals surface area contributed by atoms with E-state index < -0.39 is 0 Å². The summed E-state index contributed by atoms with van der Waals surface area (Å²) in [6, 6.07) is 0.00432. The van der Waals surface area contributed by atoms with Crippen LogP contribution in [-0.2, 0) is 11.2 Å². The van der Waals surface area contributed by atoms with Crippen molar-refractivity contribution < 1.29 is 4.79 Å². The van der Waals surface area contributed by atoms with Gasteiger partial charge in [-0.25, -0.2) is 4.98 Å². The van der Waals surface area contributed by atoms with Gasteiger partial charge in [-0.15, -0.1) is 11.3 Å². The Labute approximate surface area is 112 Å². The summed E-state index contributed by atoms with van der Waals surface area (Å²) in [5, 5.41) is 9.46. The second-order valence-corrected chi connectivity index (χ2v) is 5.82. The molecule has 0 bridgehead atoms. The Balaban J connectivity index is 1.70. The van der Waals surface area contributed by atoms with Crippen molar-refractivity contribution >= 4 is 17.2 Å². The van der Waals surface area contributed by atoms with E-state index in [0.29, 0.717) is 6.54 Å². The highest BCUT2D eigenvalue weighted by molar-refractivity contribution is 7.09. The summed E-state index contributed by atoms with van der Waals surface area (Å²) >= 11 is 1.66. The molecular weight excluding hydrogens is 246 g/mol. The summed E-state index contributed by atoms with van der Waals surface area (Å²) in [4.78, 5) is 16.3. The molecule has 1 unspecified atom stereocenters. The van der Waals surface area contributed by atoms with Gasteiger partial charge in [-0.05, 0) is 26.3 Å². The first-order chi connectivity index (χ1) is 8.75. The summed E-state index contributed by atoms with van der Waals surface area (Å²) < 4.78 is 0. The Bertz CT molecular complexity index is 383. The molecule has 0 radical (unpaired) electrons. The van der Waals surface area contributed by atoms with E-state index >= 15 is 0 Å². The molecule has 1 saturated heterocycles. The number of rotatable bonds is 4. The van der Waals surface area contributed by atoms with E-state index in [1.165, 1.54) is 12.8 Å². The average molecular weight is 267 g/mol. The van der Waals surface area contributed by atoms with Crippen LogP contribution in [0.4, 0.5) is 0 Å². The van der Waals surface area contributed by atoms with E-state index in [0.717, 1.165) is 36.5 Å². The predicted molar refractivity (Wildman–Crippen MR) is 73.8 cm³/mol. The third kappa shape index (κ3) is 4.07. The van der Waals surface area contributed by atoms with Gasteiger partial charge in [0.05, 0.1) is 16.7 Å². The normalized spacial score (nSPS) is 20.4. The second kappa shape index (κ2) is 6.85. The van der Waals surface area contributed by atoms with Gasteiger partial charge >= 0.3 is 0 Å². The fourth-order valence-corrected chi connectivity index (χ4v) is 2.86. The predicted octanol–water partition coefficient (Wildman–Crippen LogP) is 1.64. The Hall–Kier alpha value is -0.940. The van der Waals surface area contributed by atoms with Crippen LogP contribution in [0.5, 0.6) is 0 Å². The molecule has 0 spiro atoms. The first-order valence-corrected chi connectivity index (χ1v) is 7.56. The first kappa shape index (κ1) is 13.5. The summed E-state index contributed by atoms with van der Waals surface area (Å²) in [5.41, 5.74) is 1.08. The lowest BCUT2D eigenvalue weighted by Gasteiger charge is -2.15. The molecule has 2 rings (SSSR count). The third-order valence-corrected chi connectivity index (χ3v) is 4.05. The van der Waals surface area contributed by atoms with Gasteiger partial charge in [0.15, 0.2) is 0 Å². The van der Waals surface area contributed by atoms with Gasteiger partial charge in [0.2, 0.25) is 5.91 Å². The highest BCUT2D eigenvalue weighted by Crippen LogP contribution is 2.09. The SMILES string of the molecule is Cc1nc(CCNC(=O)C2CCCCCN2)cs1. The van der Waals surface area contributed by atoms with Crippen LogP contribution in [0.15, 0.2) is 5.38 Å². The average Bonchev–Trinajstić information content (AvgIpc) is 2.63. The number of nitrogens with zero attached hydrogens (tertiary/aromatic N) is 1. The molecule has 1 aliphatic heterocycles. The molecule has 1 fully saturated rings. The number of hydrogen-bond acceptors (Lipinski definition) is 4. The van der Waals surface area contributed by atoms with Crippen LogP contribution in [-0.4, -0.2) is 30.0 Å². The third-order valence-electron chi connectivity index (χ3n) is 3.22. The largest absolute Gasteiger partial charge is 0.354 e. The van der Waals surface area contributed by atoms with Crippen LogP contribution >= 0.6 is 11.3 Å². The summed E-state index contributed by atoms with van der Waals surface area (Å²) in [6.07, 6.45) is 5.34. The molecule has 5 heteroatoms. The lowest BCUT2D eigenvalue weighted by Crippen LogP contribution is -2.44. The van der Waals surface area contributed by atoms with E-state index in [1.54, 1.807) is 11.3 Å². The van der Waals surface area contributed by atoms with Gasteiger partial charge < -0.3 is 10.6 Å². The number of hydrogen-bond donors (Lipinski definition) is 2. The standard InChI is InChI=1S/C13H21N3OS/c1-10-16-11(9-18-10)6-8-15-13(17)12-5-3-2-4-7-14-12/h9,12,14H,2-8H2,1H3,(H,15,17). The number of thiazole rings is 1. The van der Waals surface area contributed by atoms with Crippen LogP contribution in [0.1, 0.15) is 36.4 Å². The van der Waals surface area contributed by atoms with Crippen LogP contribution < -0.4 is 10.6 Å². The highest BCUT2D eigenvalue weighted by Gasteiger charge is 2.18. The number of nitrogens with one attached hydrogen (secondary N) is 2.